The average Bonchev–Trinajstić information content (AvgIpc) is 3.03. The van der Waals surface area contributed by atoms with Gasteiger partial charge in [-0.2, -0.15) is 0 Å². The standard InChI is InChI=1S/C28H48O2/c1-5-6-15-26(2,30)16-7-8-20-10-12-24-23-11-9-21-19-22(29)13-17-28(21,4)25(23)14-18-27(20,24)3/h9,20,22-25,29-30H,5-8,10-19H2,1-4H3. The Bertz CT molecular complexity index is 637. The SMILES string of the molecule is CCCCC(C)(O)CCCC1CCC2C3CC=C4CC(O)CCC4(C)C3CCC12C. The molecule has 0 aromatic carbocycles. The molecule has 0 saturated heterocycles. The second kappa shape index (κ2) is 8.54. The second-order valence-electron chi connectivity index (χ2n) is 12.5. The van der Waals surface area contributed by atoms with Gasteiger partial charge in [0.1, 0.15) is 0 Å². The number of allylic oxidation sites excluding steroid dienone is 1. The van der Waals surface area contributed by atoms with Gasteiger partial charge < -0.3 is 10.2 Å². The fraction of sp³-hybridized carbons (Fsp3) is 0.929. The molecule has 2 heteroatoms. The molecule has 8 atom stereocenters. The first-order chi connectivity index (χ1) is 14.2. The van der Waals surface area contributed by atoms with Crippen molar-refractivity contribution >= 4 is 0 Å². The molecule has 4 rings (SSSR count). The molecule has 2 nitrogen and oxygen atoms in total. The van der Waals surface area contributed by atoms with E-state index in [4.69, 9.17) is 0 Å². The van der Waals surface area contributed by atoms with Gasteiger partial charge in [0.05, 0.1) is 11.7 Å². The van der Waals surface area contributed by atoms with E-state index < -0.39 is 5.60 Å². The van der Waals surface area contributed by atoms with E-state index in [-0.39, 0.29) is 6.10 Å². The van der Waals surface area contributed by atoms with Crippen molar-refractivity contribution in [3.63, 3.8) is 0 Å². The van der Waals surface area contributed by atoms with Gasteiger partial charge in [-0.1, -0.05) is 51.7 Å². The number of aliphatic hydroxyl groups is 2. The monoisotopic (exact) mass is 416 g/mol. The van der Waals surface area contributed by atoms with E-state index in [1.807, 2.05) is 0 Å². The summed E-state index contributed by atoms with van der Waals surface area (Å²) in [5.41, 5.74) is 2.01. The summed E-state index contributed by atoms with van der Waals surface area (Å²) in [6.07, 6.45) is 19.3. The molecule has 0 heterocycles. The van der Waals surface area contributed by atoms with E-state index in [1.165, 1.54) is 57.8 Å². The van der Waals surface area contributed by atoms with E-state index in [1.54, 1.807) is 5.57 Å². The van der Waals surface area contributed by atoms with Crippen molar-refractivity contribution in [2.75, 3.05) is 0 Å². The molecule has 0 aliphatic heterocycles. The molecule has 0 spiro atoms. The van der Waals surface area contributed by atoms with Crippen molar-refractivity contribution < 1.29 is 10.2 Å². The molecular formula is C28H48O2. The van der Waals surface area contributed by atoms with Crippen LogP contribution in [0.2, 0.25) is 0 Å². The molecule has 0 radical (unpaired) electrons. The largest absolute Gasteiger partial charge is 0.393 e. The second-order valence-corrected chi connectivity index (χ2v) is 12.5. The number of unbranched alkanes of at least 4 members (excludes halogenated alkanes) is 1. The maximum Gasteiger partial charge on any atom is 0.0619 e. The smallest absolute Gasteiger partial charge is 0.0619 e. The lowest BCUT2D eigenvalue weighted by atomic mass is 9.47. The van der Waals surface area contributed by atoms with E-state index in [0.29, 0.717) is 10.8 Å². The summed E-state index contributed by atoms with van der Waals surface area (Å²) in [5, 5.41) is 20.9. The Kier molecular flexibility index (Phi) is 6.50. The highest BCUT2D eigenvalue weighted by Gasteiger charge is 2.58. The Morgan fingerprint density at radius 2 is 1.80 bits per heavy atom. The van der Waals surface area contributed by atoms with Crippen LogP contribution in [0.4, 0.5) is 0 Å². The Hall–Kier alpha value is -0.340. The molecule has 2 N–H and O–H groups in total. The zero-order valence-corrected chi connectivity index (χ0v) is 20.3. The maximum atomic E-state index is 10.7. The van der Waals surface area contributed by atoms with Crippen molar-refractivity contribution in [3.8, 4) is 0 Å². The van der Waals surface area contributed by atoms with Gasteiger partial charge in [0.15, 0.2) is 0 Å². The highest BCUT2D eigenvalue weighted by molar-refractivity contribution is 5.25. The molecule has 3 saturated carbocycles. The summed E-state index contributed by atoms with van der Waals surface area (Å²) in [4.78, 5) is 0. The summed E-state index contributed by atoms with van der Waals surface area (Å²) >= 11 is 0. The normalized spacial score (nSPS) is 45.1. The summed E-state index contributed by atoms with van der Waals surface area (Å²) in [6, 6.07) is 0. The number of hydrogen-bond acceptors (Lipinski definition) is 2. The molecule has 0 amide bonds. The minimum atomic E-state index is -0.461. The van der Waals surface area contributed by atoms with Crippen LogP contribution in [0.25, 0.3) is 0 Å². The quantitative estimate of drug-likeness (QED) is 0.437. The Balaban J connectivity index is 1.40. The topological polar surface area (TPSA) is 40.5 Å². The molecular weight excluding hydrogens is 368 g/mol. The summed E-state index contributed by atoms with van der Waals surface area (Å²) in [5.74, 6) is 3.46. The molecule has 4 aliphatic carbocycles. The van der Waals surface area contributed by atoms with Crippen molar-refractivity contribution in [1.29, 1.82) is 0 Å². The first-order valence-corrected chi connectivity index (χ1v) is 13.3. The Labute approximate surface area is 185 Å². The van der Waals surface area contributed by atoms with Crippen molar-refractivity contribution in [1.82, 2.24) is 0 Å². The third-order valence-electron chi connectivity index (χ3n) is 10.6. The van der Waals surface area contributed by atoms with E-state index >= 15 is 0 Å². The van der Waals surface area contributed by atoms with Gasteiger partial charge in [-0.25, -0.2) is 0 Å². The van der Waals surface area contributed by atoms with Crippen LogP contribution in [0.3, 0.4) is 0 Å². The van der Waals surface area contributed by atoms with Gasteiger partial charge in [-0.05, 0) is 112 Å². The first-order valence-electron chi connectivity index (χ1n) is 13.3. The van der Waals surface area contributed by atoms with Crippen LogP contribution in [0.15, 0.2) is 11.6 Å². The lowest BCUT2D eigenvalue weighted by Gasteiger charge is -2.58. The average molecular weight is 417 g/mol. The minimum absolute atomic E-state index is 0.0971. The fourth-order valence-corrected chi connectivity index (χ4v) is 8.64. The molecule has 30 heavy (non-hydrogen) atoms. The number of hydrogen-bond donors (Lipinski definition) is 2. The van der Waals surface area contributed by atoms with Crippen molar-refractivity contribution in [3.05, 3.63) is 11.6 Å². The zero-order valence-electron chi connectivity index (χ0n) is 20.3. The first kappa shape index (κ1) is 22.8. The van der Waals surface area contributed by atoms with Gasteiger partial charge in [-0.3, -0.25) is 0 Å². The molecule has 0 aromatic rings. The van der Waals surface area contributed by atoms with Crippen LogP contribution >= 0.6 is 0 Å². The van der Waals surface area contributed by atoms with Crippen molar-refractivity contribution in [2.24, 2.45) is 34.5 Å². The van der Waals surface area contributed by atoms with Crippen molar-refractivity contribution in [2.45, 2.75) is 129 Å². The predicted molar refractivity (Wildman–Crippen MR) is 125 cm³/mol. The molecule has 0 bridgehead atoms. The van der Waals surface area contributed by atoms with Crippen LogP contribution in [0, 0.1) is 34.5 Å². The summed E-state index contributed by atoms with van der Waals surface area (Å²) in [7, 11) is 0. The van der Waals surface area contributed by atoms with Gasteiger partial charge in [-0.15, -0.1) is 0 Å². The molecule has 3 fully saturated rings. The van der Waals surface area contributed by atoms with E-state index in [2.05, 4.69) is 33.8 Å². The van der Waals surface area contributed by atoms with E-state index in [0.717, 1.165) is 55.8 Å². The number of aliphatic hydroxyl groups excluding tert-OH is 1. The molecule has 0 aromatic heterocycles. The molecule has 4 aliphatic rings. The highest BCUT2D eigenvalue weighted by Crippen LogP contribution is 2.66. The van der Waals surface area contributed by atoms with Gasteiger partial charge in [0.25, 0.3) is 0 Å². The highest BCUT2D eigenvalue weighted by atomic mass is 16.3. The predicted octanol–water partition coefficient (Wildman–Crippen LogP) is 7.04. The lowest BCUT2D eigenvalue weighted by Crippen LogP contribution is -2.50. The van der Waals surface area contributed by atoms with Crippen LogP contribution in [-0.4, -0.2) is 21.9 Å². The minimum Gasteiger partial charge on any atom is -0.393 e. The summed E-state index contributed by atoms with van der Waals surface area (Å²) in [6.45, 7) is 9.44. The van der Waals surface area contributed by atoms with Gasteiger partial charge in [0, 0.05) is 0 Å². The maximum absolute atomic E-state index is 10.7. The third kappa shape index (κ3) is 4.05. The van der Waals surface area contributed by atoms with Gasteiger partial charge >= 0.3 is 0 Å². The fourth-order valence-electron chi connectivity index (χ4n) is 8.64. The Morgan fingerprint density at radius 3 is 2.57 bits per heavy atom. The number of fused-ring (bicyclic) bond motifs is 5. The van der Waals surface area contributed by atoms with Gasteiger partial charge in [0.2, 0.25) is 0 Å². The number of rotatable bonds is 7. The third-order valence-corrected chi connectivity index (χ3v) is 10.6. The molecule has 8 unspecified atom stereocenters. The lowest BCUT2D eigenvalue weighted by molar-refractivity contribution is -0.0517. The van der Waals surface area contributed by atoms with Crippen LogP contribution in [-0.2, 0) is 0 Å². The van der Waals surface area contributed by atoms with Crippen LogP contribution < -0.4 is 0 Å². The Morgan fingerprint density at radius 1 is 1.03 bits per heavy atom. The zero-order chi connectivity index (χ0) is 21.6. The van der Waals surface area contributed by atoms with Crippen LogP contribution in [0.5, 0.6) is 0 Å². The van der Waals surface area contributed by atoms with E-state index in [9.17, 15) is 10.2 Å². The summed E-state index contributed by atoms with van der Waals surface area (Å²) < 4.78 is 0. The van der Waals surface area contributed by atoms with Crippen LogP contribution in [0.1, 0.15) is 118 Å². The molecule has 172 valence electrons.